The van der Waals surface area contributed by atoms with Gasteiger partial charge in [0.1, 0.15) is 25.6 Å². The Hall–Kier alpha value is -7.78. The lowest BCUT2D eigenvalue weighted by Crippen LogP contribution is -2.56. The van der Waals surface area contributed by atoms with Crippen molar-refractivity contribution in [3.8, 4) is 12.1 Å². The molecule has 1 aliphatic carbocycles. The highest BCUT2D eigenvalue weighted by Crippen LogP contribution is 2.43. The molecule has 2 saturated heterocycles. The summed E-state index contributed by atoms with van der Waals surface area (Å²) in [5.74, 6) is -0.498. The number of aliphatic hydroxyl groups is 1. The van der Waals surface area contributed by atoms with Crippen molar-refractivity contribution >= 4 is 46.0 Å². The third-order valence-electron chi connectivity index (χ3n) is 15.6. The second kappa shape index (κ2) is 19.3. The fraction of sp³-hybridized carbons (Fsp3) is 0.418. The summed E-state index contributed by atoms with van der Waals surface area (Å²) in [5, 5.41) is 22.7. The number of fused-ring (bicyclic) bond motifs is 7. The number of nitrogens with zero attached hydrogens (tertiary/aromatic N) is 9. The molecule has 8 heterocycles. The summed E-state index contributed by atoms with van der Waals surface area (Å²) < 4.78 is 24.3. The molecule has 18 heteroatoms. The normalized spacial score (nSPS) is 22.2. The first-order valence-corrected chi connectivity index (χ1v) is 25.1. The number of aliphatic imine (C=N–C) groups is 1. The van der Waals surface area contributed by atoms with Crippen molar-refractivity contribution in [2.24, 2.45) is 10.9 Å². The van der Waals surface area contributed by atoms with Crippen LogP contribution in [0.1, 0.15) is 78.8 Å². The number of allylic oxidation sites excluding steroid dienone is 5. The topological polar surface area (TPSA) is 205 Å². The number of dihydropyridines is 1. The van der Waals surface area contributed by atoms with Crippen LogP contribution in [-0.4, -0.2) is 118 Å². The highest BCUT2D eigenvalue weighted by molar-refractivity contribution is 6.15. The van der Waals surface area contributed by atoms with Gasteiger partial charge >= 0.3 is 18.1 Å². The molecule has 4 unspecified atom stereocenters. The summed E-state index contributed by atoms with van der Waals surface area (Å²) in [6.07, 6.45) is 4.43. The van der Waals surface area contributed by atoms with E-state index in [1.165, 1.54) is 16.3 Å². The molecule has 4 aromatic rings. The molecule has 1 N–H and O–H groups in total. The van der Waals surface area contributed by atoms with Gasteiger partial charge in [0.2, 0.25) is 6.10 Å². The Balaban J connectivity index is 0.783. The van der Waals surface area contributed by atoms with Crippen molar-refractivity contribution in [1.29, 1.82) is 5.26 Å². The van der Waals surface area contributed by atoms with E-state index in [2.05, 4.69) is 77.7 Å². The number of ether oxygens (including phenoxy) is 4. The summed E-state index contributed by atoms with van der Waals surface area (Å²) in [6.45, 7) is 11.2. The third kappa shape index (κ3) is 8.68. The van der Waals surface area contributed by atoms with Crippen LogP contribution in [0.3, 0.4) is 0 Å². The minimum Gasteiger partial charge on any atom is -0.512 e. The maximum Gasteiger partial charge on any atom is 0.509 e. The number of aryl methyl sites for hydroxylation is 1. The Morgan fingerprint density at radius 1 is 1.01 bits per heavy atom. The molecule has 0 radical (unpaired) electrons. The first kappa shape index (κ1) is 47.5. The summed E-state index contributed by atoms with van der Waals surface area (Å²) in [5.41, 5.74) is 7.89. The number of pyridine rings is 1. The minimum atomic E-state index is -1.62. The van der Waals surface area contributed by atoms with Crippen molar-refractivity contribution in [2.45, 2.75) is 90.3 Å². The Morgan fingerprint density at radius 2 is 1.85 bits per heavy atom. The minimum absolute atomic E-state index is 0.0203. The van der Waals surface area contributed by atoms with Crippen LogP contribution in [0.25, 0.3) is 10.8 Å². The number of hydrogen-bond acceptors (Lipinski definition) is 16. The first-order valence-electron chi connectivity index (χ1n) is 25.1. The monoisotopic (exact) mass is 987 g/mol. The van der Waals surface area contributed by atoms with Crippen molar-refractivity contribution < 1.29 is 38.4 Å². The van der Waals surface area contributed by atoms with Crippen LogP contribution in [0.2, 0.25) is 0 Å². The number of likely N-dealkylation sites (tertiary alicyclic amines) is 1. The number of cyclic esters (lactones) is 1. The molecular weight excluding hydrogens is 931 g/mol. The molecule has 2 aromatic heterocycles. The molecule has 0 bridgehead atoms. The number of carbonyl (C=O) groups is 3. The van der Waals surface area contributed by atoms with Gasteiger partial charge in [-0.2, -0.15) is 15.2 Å². The van der Waals surface area contributed by atoms with E-state index in [0.717, 1.165) is 65.5 Å². The lowest BCUT2D eigenvalue weighted by atomic mass is 9.81. The second-order valence-electron chi connectivity index (χ2n) is 19.9. The van der Waals surface area contributed by atoms with Gasteiger partial charge in [-0.1, -0.05) is 49.4 Å². The highest BCUT2D eigenvalue weighted by atomic mass is 16.7. The maximum atomic E-state index is 14.1. The van der Waals surface area contributed by atoms with Crippen molar-refractivity contribution in [3.63, 3.8) is 0 Å². The van der Waals surface area contributed by atoms with Crippen LogP contribution in [0, 0.1) is 24.2 Å². The summed E-state index contributed by atoms with van der Waals surface area (Å²) in [6, 6.07) is 16.6. The van der Waals surface area contributed by atoms with E-state index >= 15 is 0 Å². The van der Waals surface area contributed by atoms with E-state index in [-0.39, 0.29) is 60.5 Å². The molecule has 0 spiro atoms. The summed E-state index contributed by atoms with van der Waals surface area (Å²) in [7, 11) is 2.10. The van der Waals surface area contributed by atoms with Crippen LogP contribution >= 0.6 is 0 Å². The molecule has 376 valence electrons. The zero-order chi connectivity index (χ0) is 50.7. The zero-order valence-corrected chi connectivity index (χ0v) is 41.3. The molecular formula is C55H57N9O9. The number of esters is 1. The number of amides is 1. The lowest BCUT2D eigenvalue weighted by Gasteiger charge is -2.42. The van der Waals surface area contributed by atoms with Crippen LogP contribution in [0.5, 0.6) is 6.01 Å². The van der Waals surface area contributed by atoms with E-state index in [9.17, 15) is 29.5 Å². The molecule has 73 heavy (non-hydrogen) atoms. The smallest absolute Gasteiger partial charge is 0.509 e. The number of hydrogen-bond donors (Lipinski definition) is 1. The van der Waals surface area contributed by atoms with E-state index in [1.54, 1.807) is 27.7 Å². The average molecular weight is 988 g/mol. The van der Waals surface area contributed by atoms with Crippen molar-refractivity contribution in [1.82, 2.24) is 24.3 Å². The molecule has 7 aliphatic rings. The van der Waals surface area contributed by atoms with E-state index < -0.39 is 42.3 Å². The molecule has 0 saturated carbocycles. The van der Waals surface area contributed by atoms with Crippen LogP contribution in [-0.2, 0) is 49.9 Å². The first-order chi connectivity index (χ1) is 35.4. The molecule has 11 rings (SSSR count). The average Bonchev–Trinajstić information content (AvgIpc) is 3.99. The van der Waals surface area contributed by atoms with Gasteiger partial charge in [0.05, 0.1) is 60.0 Å². The number of piperazine rings is 1. The van der Waals surface area contributed by atoms with Gasteiger partial charge in [-0.25, -0.2) is 9.59 Å². The number of rotatable bonds is 11. The van der Waals surface area contributed by atoms with E-state index in [4.69, 9.17) is 33.9 Å². The lowest BCUT2D eigenvalue weighted by molar-refractivity contribution is -0.159. The largest absolute Gasteiger partial charge is 0.512 e. The van der Waals surface area contributed by atoms with Gasteiger partial charge in [-0.05, 0) is 87.0 Å². The fourth-order valence-corrected chi connectivity index (χ4v) is 11.7. The number of aromatic nitrogens is 3. The molecule has 4 atom stereocenters. The molecule has 2 fully saturated rings. The van der Waals surface area contributed by atoms with Gasteiger partial charge in [-0.3, -0.25) is 14.6 Å². The van der Waals surface area contributed by atoms with Gasteiger partial charge in [-0.15, -0.1) is 0 Å². The summed E-state index contributed by atoms with van der Waals surface area (Å²) in [4.78, 5) is 78.1. The van der Waals surface area contributed by atoms with Crippen LogP contribution in [0.4, 0.5) is 16.3 Å². The van der Waals surface area contributed by atoms with Gasteiger partial charge in [0.25, 0.3) is 11.5 Å². The number of anilines is 2. The second-order valence-corrected chi connectivity index (χ2v) is 19.9. The number of likely N-dealkylation sites (N-methyl/N-ethyl adjacent to an activating group) is 1. The molecule has 1 amide bonds. The predicted octanol–water partition coefficient (Wildman–Crippen LogP) is 6.44. The number of benzene rings is 2. The quantitative estimate of drug-likeness (QED) is 0.127. The molecule has 18 nitrogen and oxygen atoms in total. The maximum absolute atomic E-state index is 14.1. The van der Waals surface area contributed by atoms with Gasteiger partial charge < -0.3 is 48.2 Å². The fourth-order valence-electron chi connectivity index (χ4n) is 11.7. The van der Waals surface area contributed by atoms with Crippen molar-refractivity contribution in [3.05, 3.63) is 133 Å². The van der Waals surface area contributed by atoms with Gasteiger partial charge in [0, 0.05) is 78.0 Å². The standard InChI is InChI=1S/C55H57N9O9/c1-5-37-39-23-36(65)14-15-43(39)57-48-41(37)26-64-46(48)24-40-42(52(64)67)30-70-53(68)49(40)73-55(69)72-28-32(3)51(66)63-22-21-62(25-34(63)16-18-56)50-38-17-20-61(45-13-7-11-33-10-6-9-31(2)47(33)45)27-44(38)58-54(59-50)71-29-35-12-8-19-60(35)4/h6-7,9-11,13-15,24,34-35,39,49,65H,3,5,8,12,16-17,19-23,25-30H2,1-2,4H3. The van der Waals surface area contributed by atoms with Crippen molar-refractivity contribution in [2.75, 3.05) is 62.8 Å². The Kier molecular flexibility index (Phi) is 12.6. The third-order valence-corrected chi connectivity index (χ3v) is 15.6. The summed E-state index contributed by atoms with van der Waals surface area (Å²) >= 11 is 0. The number of carbonyl (C=O) groups excluding carboxylic acids is 3. The van der Waals surface area contributed by atoms with Crippen LogP contribution < -0.4 is 20.1 Å². The van der Waals surface area contributed by atoms with Gasteiger partial charge in [0.15, 0.2) is 0 Å². The molecule has 6 aliphatic heterocycles. The predicted molar refractivity (Wildman–Crippen MR) is 270 cm³/mol. The number of nitriles is 1. The van der Waals surface area contributed by atoms with E-state index in [0.29, 0.717) is 62.9 Å². The zero-order valence-electron chi connectivity index (χ0n) is 41.3. The number of aliphatic hydroxyl groups excluding tert-OH is 1. The Bertz CT molecular complexity index is 3230. The van der Waals surface area contributed by atoms with Crippen LogP contribution in [0.15, 0.2) is 99.2 Å². The Morgan fingerprint density at radius 3 is 2.64 bits per heavy atom. The van der Waals surface area contributed by atoms with E-state index in [1.807, 2.05) is 6.92 Å². The Labute approximate surface area is 422 Å². The SMILES string of the molecule is C=C(COC(=O)OC1C(=O)OCc2c1cc1n(c2=O)CC2=C(CC)C3CC(O)=CC=C3N=C21)C(=O)N1CCN(c2nc(OCC3CCCN3C)nc3c2CCN(c2cccc4cccc(C)c24)C3)CC1CC#N. The molecule has 2 aromatic carbocycles. The highest BCUT2D eigenvalue weighted by Gasteiger charge is 2.42.